The van der Waals surface area contributed by atoms with Crippen molar-refractivity contribution < 1.29 is 14.3 Å². The van der Waals surface area contributed by atoms with Crippen LogP contribution in [0.4, 0.5) is 17.3 Å². The molecule has 0 unspecified atom stereocenters. The number of primary amides is 1. The summed E-state index contributed by atoms with van der Waals surface area (Å²) in [4.78, 5) is 28.7. The van der Waals surface area contributed by atoms with Crippen LogP contribution in [0.3, 0.4) is 0 Å². The molecule has 196 valence electrons. The average molecular weight is 541 g/mol. The number of nitrogens with two attached hydrogens (primary N) is 1. The predicted molar refractivity (Wildman–Crippen MR) is 152 cm³/mol. The summed E-state index contributed by atoms with van der Waals surface area (Å²) in [5.41, 5.74) is 10.4. The maximum atomic E-state index is 12.7. The summed E-state index contributed by atoms with van der Waals surface area (Å²) in [5.74, 6) is -0.151. The van der Waals surface area contributed by atoms with Crippen LogP contribution in [-0.2, 0) is 4.79 Å². The number of aromatic nitrogens is 3. The number of halogens is 1. The Hall–Kier alpha value is -4.89. The van der Waals surface area contributed by atoms with E-state index >= 15 is 0 Å². The Balaban J connectivity index is 1.30. The monoisotopic (exact) mass is 540 g/mol. The number of carbonyl (C=O) groups is 2. The maximum Gasteiger partial charge on any atom is 0.248 e. The van der Waals surface area contributed by atoms with Gasteiger partial charge in [0.2, 0.25) is 17.8 Å². The van der Waals surface area contributed by atoms with Crippen LogP contribution in [0.25, 0.3) is 16.8 Å². The molecule has 4 N–H and O–H groups in total. The average Bonchev–Trinajstić information content (AvgIpc) is 3.35. The molecule has 2 aromatic heterocycles. The molecule has 39 heavy (non-hydrogen) atoms. The van der Waals surface area contributed by atoms with Crippen LogP contribution in [0.1, 0.15) is 28.8 Å². The number of hydrogen-bond donors (Lipinski definition) is 3. The largest absolute Gasteiger partial charge is 0.495 e. The molecule has 0 bridgehead atoms. The number of nitrogens with zero attached hydrogens (tertiary/aromatic N) is 3. The van der Waals surface area contributed by atoms with Crippen molar-refractivity contribution in [1.29, 1.82) is 0 Å². The number of rotatable bonds is 8. The molecule has 0 aliphatic rings. The van der Waals surface area contributed by atoms with Gasteiger partial charge in [-0.1, -0.05) is 35.9 Å². The number of carbonyl (C=O) groups excluding carboxylic acids is 2. The van der Waals surface area contributed by atoms with E-state index in [4.69, 9.17) is 22.1 Å². The zero-order valence-corrected chi connectivity index (χ0v) is 21.9. The number of ether oxygens (including phenoxy) is 1. The van der Waals surface area contributed by atoms with Crippen molar-refractivity contribution in [3.63, 3.8) is 0 Å². The highest BCUT2D eigenvalue weighted by Crippen LogP contribution is 2.29. The number of fused-ring (bicyclic) bond motifs is 1. The molecule has 0 fully saturated rings. The van der Waals surface area contributed by atoms with E-state index in [1.807, 2.05) is 61.7 Å². The summed E-state index contributed by atoms with van der Waals surface area (Å²) in [6.07, 6.45) is 1.87. The lowest BCUT2D eigenvalue weighted by Gasteiger charge is -2.13. The van der Waals surface area contributed by atoms with Gasteiger partial charge in [0.05, 0.1) is 18.7 Å². The first-order chi connectivity index (χ1) is 18.8. The highest BCUT2D eigenvalue weighted by Gasteiger charge is 2.16. The van der Waals surface area contributed by atoms with E-state index in [0.717, 1.165) is 16.7 Å². The van der Waals surface area contributed by atoms with Gasteiger partial charge < -0.3 is 21.1 Å². The minimum Gasteiger partial charge on any atom is -0.495 e. The Morgan fingerprint density at radius 2 is 1.69 bits per heavy atom. The third kappa shape index (κ3) is 5.68. The smallest absolute Gasteiger partial charge is 0.248 e. The highest BCUT2D eigenvalue weighted by atomic mass is 35.5. The highest BCUT2D eigenvalue weighted by molar-refractivity contribution is 6.30. The minimum absolute atomic E-state index is 0.102. The zero-order chi connectivity index (χ0) is 27.5. The molecule has 9 nitrogen and oxygen atoms in total. The van der Waals surface area contributed by atoms with E-state index in [1.165, 1.54) is 7.11 Å². The Bertz CT molecular complexity index is 1670. The van der Waals surface area contributed by atoms with Crippen LogP contribution < -0.4 is 21.1 Å². The van der Waals surface area contributed by atoms with Gasteiger partial charge >= 0.3 is 0 Å². The molecule has 0 radical (unpaired) electrons. The summed E-state index contributed by atoms with van der Waals surface area (Å²) >= 11 is 5.95. The first kappa shape index (κ1) is 25.7. The zero-order valence-electron chi connectivity index (χ0n) is 21.2. The lowest BCUT2D eigenvalue weighted by atomic mass is 10.0. The third-order valence-electron chi connectivity index (χ3n) is 6.31. The summed E-state index contributed by atoms with van der Waals surface area (Å²) < 4.78 is 7.04. The van der Waals surface area contributed by atoms with E-state index in [-0.39, 0.29) is 11.8 Å². The summed E-state index contributed by atoms with van der Waals surface area (Å²) in [7, 11) is 1.51. The fourth-order valence-corrected chi connectivity index (χ4v) is 4.20. The topological polar surface area (TPSA) is 124 Å². The molecular weight excluding hydrogens is 516 g/mol. The van der Waals surface area contributed by atoms with Gasteiger partial charge in [-0.15, -0.1) is 5.10 Å². The first-order valence-corrected chi connectivity index (χ1v) is 12.5. The molecular formula is C29H25ClN6O3. The molecule has 1 atom stereocenters. The molecule has 0 aliphatic carbocycles. The molecule has 5 aromatic rings. The predicted octanol–water partition coefficient (Wildman–Crippen LogP) is 5.64. The summed E-state index contributed by atoms with van der Waals surface area (Å²) in [6.45, 7) is 1.86. The van der Waals surface area contributed by atoms with Gasteiger partial charge in [0.15, 0.2) is 5.65 Å². The molecule has 2 amide bonds. The SMILES string of the molecule is COc1cc(C(N)=O)ccc1Nc1nc2ccc(-c3ccc(NC(=O)[C@H](C)c4ccc(Cl)cc4)cc3)cn2n1. The number of methoxy groups -OCH3 is 1. The third-order valence-corrected chi connectivity index (χ3v) is 6.56. The quantitative estimate of drug-likeness (QED) is 0.234. The van der Waals surface area contributed by atoms with E-state index in [2.05, 4.69) is 20.7 Å². The van der Waals surface area contributed by atoms with Crippen LogP contribution in [-0.4, -0.2) is 33.5 Å². The van der Waals surface area contributed by atoms with Crippen LogP contribution in [0, 0.1) is 0 Å². The minimum atomic E-state index is -0.541. The Morgan fingerprint density at radius 3 is 2.38 bits per heavy atom. The van der Waals surface area contributed by atoms with E-state index in [9.17, 15) is 9.59 Å². The van der Waals surface area contributed by atoms with Crippen molar-refractivity contribution in [2.75, 3.05) is 17.7 Å². The maximum absolute atomic E-state index is 12.7. The lowest BCUT2D eigenvalue weighted by molar-refractivity contribution is -0.117. The number of anilines is 3. The molecule has 5 rings (SSSR count). The van der Waals surface area contributed by atoms with Crippen molar-refractivity contribution in [2.45, 2.75) is 12.8 Å². The van der Waals surface area contributed by atoms with Crippen molar-refractivity contribution in [2.24, 2.45) is 5.73 Å². The lowest BCUT2D eigenvalue weighted by Crippen LogP contribution is -2.18. The Labute approximate surface area is 229 Å². The second-order valence-electron chi connectivity index (χ2n) is 8.90. The van der Waals surface area contributed by atoms with Crippen LogP contribution >= 0.6 is 11.6 Å². The van der Waals surface area contributed by atoms with E-state index in [1.54, 1.807) is 34.8 Å². The van der Waals surface area contributed by atoms with E-state index < -0.39 is 5.91 Å². The van der Waals surface area contributed by atoms with Gasteiger partial charge in [0.1, 0.15) is 5.75 Å². The van der Waals surface area contributed by atoms with Crippen molar-refractivity contribution in [3.05, 3.63) is 101 Å². The summed E-state index contributed by atoms with van der Waals surface area (Å²) in [6, 6.07) is 23.5. The number of hydrogen-bond acceptors (Lipinski definition) is 6. The van der Waals surface area contributed by atoms with Crippen molar-refractivity contribution >= 4 is 46.4 Å². The molecule has 2 heterocycles. The van der Waals surface area contributed by atoms with Crippen LogP contribution in [0.15, 0.2) is 85.1 Å². The van der Waals surface area contributed by atoms with Crippen LogP contribution in [0.2, 0.25) is 5.02 Å². The molecule has 0 saturated carbocycles. The fourth-order valence-electron chi connectivity index (χ4n) is 4.07. The van der Waals surface area contributed by atoms with Gasteiger partial charge in [0, 0.05) is 28.0 Å². The van der Waals surface area contributed by atoms with Gasteiger partial charge in [-0.25, -0.2) is 4.52 Å². The van der Waals surface area contributed by atoms with Crippen molar-refractivity contribution in [3.8, 4) is 16.9 Å². The van der Waals surface area contributed by atoms with E-state index in [0.29, 0.717) is 39.3 Å². The van der Waals surface area contributed by atoms with Gasteiger partial charge in [-0.05, 0) is 72.6 Å². The number of pyridine rings is 1. The molecule has 10 heteroatoms. The molecule has 3 aromatic carbocycles. The van der Waals surface area contributed by atoms with Gasteiger partial charge in [0.25, 0.3) is 0 Å². The first-order valence-electron chi connectivity index (χ1n) is 12.1. The second-order valence-corrected chi connectivity index (χ2v) is 9.34. The molecule has 0 spiro atoms. The standard InChI is InChI=1S/C29H25ClN6O3/c1-17(18-3-9-22(30)10-4-18)28(38)32-23-11-5-19(6-12-23)21-8-14-26-34-29(35-36(26)16-21)33-24-13-7-20(27(31)37)15-25(24)39-2/h3-17H,1-2H3,(H2,31,37)(H,32,38)(H,33,35)/t17-/m1/s1. The normalized spacial score (nSPS) is 11.7. The summed E-state index contributed by atoms with van der Waals surface area (Å²) in [5, 5.41) is 11.2. The molecule has 0 aliphatic heterocycles. The van der Waals surface area contributed by atoms with Gasteiger partial charge in [-0.3, -0.25) is 9.59 Å². The fraction of sp³-hybridized carbons (Fsp3) is 0.103. The van der Waals surface area contributed by atoms with Crippen molar-refractivity contribution in [1.82, 2.24) is 14.6 Å². The molecule has 0 saturated heterocycles. The number of nitrogens with one attached hydrogen (secondary N) is 2. The Kier molecular flexibility index (Phi) is 7.16. The van der Waals surface area contributed by atoms with Crippen LogP contribution in [0.5, 0.6) is 5.75 Å². The van der Waals surface area contributed by atoms with Gasteiger partial charge in [-0.2, -0.15) is 4.98 Å². The number of amides is 2. The number of benzene rings is 3. The Morgan fingerprint density at radius 1 is 0.974 bits per heavy atom. The second kappa shape index (κ2) is 10.8.